The molecule has 6 aromatic rings. The molecule has 8 heteroatoms. The number of benzene rings is 4. The van der Waals surface area contributed by atoms with Crippen LogP contribution in [0.2, 0.25) is 0 Å². The maximum Gasteiger partial charge on any atom is 0.210 e. The molecule has 0 fully saturated rings. The average molecular weight is 453 g/mol. The van der Waals surface area contributed by atoms with Crippen LogP contribution >= 0.6 is 22.7 Å². The molecule has 0 aliphatic rings. The van der Waals surface area contributed by atoms with Gasteiger partial charge in [0.2, 0.25) is 10.3 Å². The summed E-state index contributed by atoms with van der Waals surface area (Å²) < 4.78 is 0. The summed E-state index contributed by atoms with van der Waals surface area (Å²) in [4.78, 5) is 0. The minimum Gasteiger partial charge on any atom is -0.330 e. The van der Waals surface area contributed by atoms with Crippen molar-refractivity contribution in [1.82, 2.24) is 20.4 Å². The zero-order chi connectivity index (χ0) is 21.3. The number of nitrogens with one attached hydrogen (secondary N) is 2. The van der Waals surface area contributed by atoms with E-state index < -0.39 is 0 Å². The molecule has 0 amide bonds. The fourth-order valence-electron chi connectivity index (χ4n) is 3.50. The van der Waals surface area contributed by atoms with E-state index in [2.05, 4.69) is 79.6 Å². The van der Waals surface area contributed by atoms with Crippen molar-refractivity contribution in [2.75, 3.05) is 10.6 Å². The molecule has 0 bridgehead atoms. The summed E-state index contributed by atoms with van der Waals surface area (Å²) in [6.45, 7) is 0. The zero-order valence-corrected chi connectivity index (χ0v) is 18.3. The first-order valence-corrected chi connectivity index (χ1v) is 11.6. The van der Waals surface area contributed by atoms with Gasteiger partial charge in [0.25, 0.3) is 0 Å². The Hall–Kier alpha value is -3.88. The van der Waals surface area contributed by atoms with Crippen molar-refractivity contribution in [3.05, 3.63) is 84.9 Å². The summed E-state index contributed by atoms with van der Waals surface area (Å²) in [5.74, 6) is 0. The largest absolute Gasteiger partial charge is 0.330 e. The molecule has 2 N–H and O–H groups in total. The molecule has 2 aromatic heterocycles. The van der Waals surface area contributed by atoms with Crippen molar-refractivity contribution in [1.29, 1.82) is 0 Å². The molecule has 4 aromatic carbocycles. The molecular formula is C24H16N6S2. The Morgan fingerprint density at radius 3 is 1.38 bits per heavy atom. The van der Waals surface area contributed by atoms with Crippen molar-refractivity contribution in [2.45, 2.75) is 0 Å². The molecule has 0 unspecified atom stereocenters. The highest BCUT2D eigenvalue weighted by Gasteiger charge is 2.13. The highest BCUT2D eigenvalue weighted by molar-refractivity contribution is 7.24. The lowest BCUT2D eigenvalue weighted by atomic mass is 10.1. The van der Waals surface area contributed by atoms with Crippen molar-refractivity contribution >= 4 is 65.9 Å². The summed E-state index contributed by atoms with van der Waals surface area (Å²) in [6, 6.07) is 29.0. The van der Waals surface area contributed by atoms with E-state index in [1.165, 1.54) is 44.2 Å². The number of hydrogen-bond acceptors (Lipinski definition) is 8. The van der Waals surface area contributed by atoms with E-state index in [9.17, 15) is 0 Å². The number of fused-ring (bicyclic) bond motifs is 2. The van der Waals surface area contributed by atoms with E-state index in [4.69, 9.17) is 0 Å². The Labute approximate surface area is 191 Å². The van der Waals surface area contributed by atoms with Crippen LogP contribution in [0.3, 0.4) is 0 Å². The Bertz CT molecular complexity index is 1440. The van der Waals surface area contributed by atoms with Gasteiger partial charge in [-0.2, -0.15) is 0 Å². The minimum absolute atomic E-state index is 0.717. The molecule has 0 spiro atoms. The van der Waals surface area contributed by atoms with Crippen molar-refractivity contribution in [3.63, 3.8) is 0 Å². The lowest BCUT2D eigenvalue weighted by Crippen LogP contribution is -1.89. The van der Waals surface area contributed by atoms with Gasteiger partial charge in [-0.25, -0.2) is 0 Å². The van der Waals surface area contributed by atoms with E-state index in [0.29, 0.717) is 0 Å². The molecule has 32 heavy (non-hydrogen) atoms. The highest BCUT2D eigenvalue weighted by Crippen LogP contribution is 2.33. The maximum atomic E-state index is 4.29. The third-order valence-corrected chi connectivity index (χ3v) is 6.85. The van der Waals surface area contributed by atoms with E-state index in [1.54, 1.807) is 0 Å². The zero-order valence-electron chi connectivity index (χ0n) is 16.7. The number of aromatic nitrogens is 4. The van der Waals surface area contributed by atoms with E-state index in [-0.39, 0.29) is 0 Å². The van der Waals surface area contributed by atoms with Gasteiger partial charge >= 0.3 is 0 Å². The molecule has 0 atom stereocenters. The minimum atomic E-state index is 0.717. The first-order chi connectivity index (χ1) is 15.8. The van der Waals surface area contributed by atoms with Crippen LogP contribution in [-0.4, -0.2) is 20.4 Å². The quantitative estimate of drug-likeness (QED) is 0.298. The van der Waals surface area contributed by atoms with Gasteiger partial charge in [0.15, 0.2) is 10.0 Å². The van der Waals surface area contributed by atoms with Crippen LogP contribution in [-0.2, 0) is 0 Å². The van der Waals surface area contributed by atoms with Gasteiger partial charge in [0, 0.05) is 11.4 Å². The van der Waals surface area contributed by atoms with Crippen molar-refractivity contribution in [2.24, 2.45) is 0 Å². The molecule has 2 heterocycles. The monoisotopic (exact) mass is 452 g/mol. The van der Waals surface area contributed by atoms with Gasteiger partial charge in [-0.15, -0.1) is 20.4 Å². The second kappa shape index (κ2) is 7.99. The fourth-order valence-corrected chi connectivity index (χ4v) is 5.04. The highest BCUT2D eigenvalue weighted by atomic mass is 32.1. The second-order valence-corrected chi connectivity index (χ2v) is 9.15. The van der Waals surface area contributed by atoms with E-state index in [0.717, 1.165) is 31.7 Å². The summed E-state index contributed by atoms with van der Waals surface area (Å²) in [6.07, 6.45) is 0. The third-order valence-electron chi connectivity index (χ3n) is 5.03. The maximum absolute atomic E-state index is 4.29. The van der Waals surface area contributed by atoms with Gasteiger partial charge in [0.1, 0.15) is 0 Å². The van der Waals surface area contributed by atoms with Crippen LogP contribution in [0.4, 0.5) is 21.6 Å². The van der Waals surface area contributed by atoms with Crippen LogP contribution in [0.15, 0.2) is 84.9 Å². The van der Waals surface area contributed by atoms with Gasteiger partial charge in [-0.1, -0.05) is 83.3 Å². The Balaban J connectivity index is 1.19. The molecule has 0 saturated heterocycles. The molecule has 6 nitrogen and oxygen atoms in total. The smallest absolute Gasteiger partial charge is 0.210 e. The number of anilines is 4. The number of nitrogens with zero attached hydrogens (tertiary/aromatic N) is 4. The van der Waals surface area contributed by atoms with Gasteiger partial charge in [-0.3, -0.25) is 0 Å². The van der Waals surface area contributed by atoms with Crippen LogP contribution < -0.4 is 10.6 Å². The molecule has 154 valence electrons. The molecular weight excluding hydrogens is 436 g/mol. The van der Waals surface area contributed by atoms with Crippen LogP contribution in [0.5, 0.6) is 0 Å². The lowest BCUT2D eigenvalue weighted by Gasteiger charge is -2.03. The molecule has 0 aliphatic carbocycles. The predicted octanol–water partition coefficient (Wildman–Crippen LogP) is 6.85. The second-order valence-electron chi connectivity index (χ2n) is 7.20. The molecule has 0 saturated carbocycles. The lowest BCUT2D eigenvalue weighted by molar-refractivity contribution is 1.06. The van der Waals surface area contributed by atoms with Crippen molar-refractivity contribution in [3.8, 4) is 10.0 Å². The third kappa shape index (κ3) is 3.77. The SMILES string of the molecule is c1ccc2cc(Nc3nnc(-c4nnc(Nc5ccc6ccccc6c5)s4)s3)ccc2c1. The summed E-state index contributed by atoms with van der Waals surface area (Å²) in [7, 11) is 0. The Kier molecular flexibility index (Phi) is 4.71. The standard InChI is InChI=1S/C24H16N6S2/c1-3-7-17-13-19(11-9-15(17)5-1)25-23-29-27-21(31-23)22-28-30-24(32-22)26-20-12-10-16-6-2-4-8-18(16)14-20/h1-14H,(H,25,29)(H,26,30). The van der Waals surface area contributed by atoms with Crippen LogP contribution in [0, 0.1) is 0 Å². The predicted molar refractivity (Wildman–Crippen MR) is 133 cm³/mol. The first-order valence-electron chi connectivity index (χ1n) is 9.99. The van der Waals surface area contributed by atoms with E-state index >= 15 is 0 Å². The summed E-state index contributed by atoms with van der Waals surface area (Å²) in [5, 5.41) is 31.5. The Morgan fingerprint density at radius 2 is 0.906 bits per heavy atom. The summed E-state index contributed by atoms with van der Waals surface area (Å²) in [5.41, 5.74) is 1.95. The fraction of sp³-hybridized carbons (Fsp3) is 0. The van der Waals surface area contributed by atoms with Gasteiger partial charge in [0.05, 0.1) is 0 Å². The van der Waals surface area contributed by atoms with Crippen molar-refractivity contribution < 1.29 is 0 Å². The average Bonchev–Trinajstić information content (AvgIpc) is 3.48. The topological polar surface area (TPSA) is 75.6 Å². The Morgan fingerprint density at radius 1 is 0.469 bits per heavy atom. The first kappa shape index (κ1) is 18.9. The van der Waals surface area contributed by atoms with E-state index in [1.807, 2.05) is 36.4 Å². The van der Waals surface area contributed by atoms with Crippen LogP contribution in [0.1, 0.15) is 0 Å². The molecule has 0 aliphatic heterocycles. The number of rotatable bonds is 5. The van der Waals surface area contributed by atoms with Crippen LogP contribution in [0.25, 0.3) is 31.6 Å². The molecule has 6 rings (SSSR count). The molecule has 0 radical (unpaired) electrons. The van der Waals surface area contributed by atoms with Gasteiger partial charge in [-0.05, 0) is 45.8 Å². The van der Waals surface area contributed by atoms with Gasteiger partial charge < -0.3 is 10.6 Å². The normalized spacial score (nSPS) is 11.1. The summed E-state index contributed by atoms with van der Waals surface area (Å²) >= 11 is 2.91. The number of hydrogen-bond donors (Lipinski definition) is 2.